The third kappa shape index (κ3) is 7.54. The molecule has 9 aliphatic rings. The van der Waals surface area contributed by atoms with Crippen molar-refractivity contribution in [3.05, 3.63) is 0 Å². The van der Waals surface area contributed by atoms with Gasteiger partial charge in [0.2, 0.25) is 0 Å². The summed E-state index contributed by atoms with van der Waals surface area (Å²) < 4.78 is 149. The Morgan fingerprint density at radius 1 is 0.298 bits per heavy atom. The molecule has 0 aromatic heterocycles. The van der Waals surface area contributed by atoms with E-state index < -0.39 is 98.0 Å². The predicted molar refractivity (Wildman–Crippen MR) is 204 cm³/mol. The molecule has 5 heterocycles. The first-order valence-electron chi connectivity index (χ1n) is 20.2. The van der Waals surface area contributed by atoms with Crippen molar-refractivity contribution in [3.8, 4) is 0 Å². The molecule has 9 fully saturated rings. The van der Waals surface area contributed by atoms with E-state index in [0.29, 0.717) is 11.8 Å². The average molecular weight is 891 g/mol. The van der Waals surface area contributed by atoms with E-state index >= 15 is 0 Å². The lowest BCUT2D eigenvalue weighted by Gasteiger charge is -2.46. The van der Waals surface area contributed by atoms with Crippen LogP contribution in [0.1, 0.15) is 77.0 Å². The molecule has 20 atom stereocenters. The van der Waals surface area contributed by atoms with E-state index in [2.05, 4.69) is 42.5 Å². The average Bonchev–Trinajstić information content (AvgIpc) is 3.84. The highest BCUT2D eigenvalue weighted by Gasteiger charge is 2.71. The molecule has 328 valence electrons. The molecule has 8 bridgehead atoms. The van der Waals surface area contributed by atoms with Crippen LogP contribution in [0.4, 0.5) is 0 Å². The van der Waals surface area contributed by atoms with Gasteiger partial charge in [-0.25, -0.2) is 0 Å². The first-order chi connectivity index (χ1) is 26.3. The fourth-order valence-corrected chi connectivity index (χ4v) is 20.7. The van der Waals surface area contributed by atoms with Crippen LogP contribution in [0.25, 0.3) is 0 Å². The van der Waals surface area contributed by atoms with Crippen LogP contribution in [-0.4, -0.2) is 128 Å². The number of hydrogen-bond donors (Lipinski definition) is 12. The third-order valence-electron chi connectivity index (χ3n) is 15.4. The van der Waals surface area contributed by atoms with E-state index in [0.717, 1.165) is 77.0 Å². The number of fused-ring (bicyclic) bond motifs is 20. The highest BCUT2D eigenvalue weighted by Crippen LogP contribution is 2.50. The molecular weight excluding hydrogens is 833 g/mol. The van der Waals surface area contributed by atoms with Crippen molar-refractivity contribution in [3.63, 3.8) is 0 Å². The standard InChI is InChI=1S/C32H56N8O12S4.H2O/c41-53(42,43)21-19-20(22(54(44,45)46)24(56(50,51)52)23(21)55(47,48)49)32-39-30-18-12-6-4-10-16(18)28(37-30)35-26-14-8-2-1-7-13(14)25(33-26)34-27-15-9-3-5-11-17(15)29(36-27)38-31(19)40-32;/h13-40H,1-12H2,(H,41,42,43)(H,44,45,46)(H,47,48,49)(H,50,51,52);1H2. The van der Waals surface area contributed by atoms with Crippen molar-refractivity contribution in [2.75, 3.05) is 0 Å². The van der Waals surface area contributed by atoms with Crippen LogP contribution < -0.4 is 42.5 Å². The lowest BCUT2D eigenvalue weighted by Crippen LogP contribution is -2.70. The van der Waals surface area contributed by atoms with Gasteiger partial charge in [0.25, 0.3) is 40.5 Å². The molecule has 0 aromatic rings. The van der Waals surface area contributed by atoms with Crippen molar-refractivity contribution >= 4 is 40.5 Å². The van der Waals surface area contributed by atoms with Gasteiger partial charge in [-0.3, -0.25) is 60.7 Å². The Balaban J connectivity index is 0.00000455. The van der Waals surface area contributed by atoms with Gasteiger partial charge < -0.3 is 5.48 Å². The van der Waals surface area contributed by atoms with E-state index in [1.165, 1.54) is 0 Å². The van der Waals surface area contributed by atoms with E-state index in [-0.39, 0.29) is 53.8 Å². The summed E-state index contributed by atoms with van der Waals surface area (Å²) in [7, 11) is -23.0. The third-order valence-corrected chi connectivity index (χ3v) is 21.0. The van der Waals surface area contributed by atoms with Crippen molar-refractivity contribution < 1.29 is 57.4 Å². The summed E-state index contributed by atoms with van der Waals surface area (Å²) in [5, 5.41) is 17.7. The van der Waals surface area contributed by atoms with Crippen molar-refractivity contribution in [1.82, 2.24) is 42.5 Å². The van der Waals surface area contributed by atoms with Gasteiger partial charge in [-0.15, -0.1) is 0 Å². The molecule has 4 saturated carbocycles. The maximum absolute atomic E-state index is 13.4. The van der Waals surface area contributed by atoms with Crippen LogP contribution in [0.2, 0.25) is 0 Å². The Labute approximate surface area is 333 Å². The van der Waals surface area contributed by atoms with Crippen LogP contribution in [0.15, 0.2) is 0 Å². The Morgan fingerprint density at radius 2 is 0.474 bits per heavy atom. The SMILES string of the molecule is O.O=S(=O)(O)C1C2C3NC4NC(NC5NC(NC6NC(NC(N3)C2C(S(=O)(=O)O)C(S(=O)(=O)O)C1S(=O)(=O)O)C1CCCCC61)C1CCCCC51)C1CCCCC41. The molecule has 0 radical (unpaired) electrons. The maximum Gasteiger partial charge on any atom is 0.270 e. The summed E-state index contributed by atoms with van der Waals surface area (Å²) in [6.07, 6.45) is 7.44. The van der Waals surface area contributed by atoms with Gasteiger partial charge in [-0.1, -0.05) is 38.5 Å². The van der Waals surface area contributed by atoms with Crippen molar-refractivity contribution in [1.29, 1.82) is 0 Å². The minimum Gasteiger partial charge on any atom is -0.412 e. The van der Waals surface area contributed by atoms with Gasteiger partial charge in [0.15, 0.2) is 0 Å². The summed E-state index contributed by atoms with van der Waals surface area (Å²) in [5.74, 6) is -2.57. The normalized spacial score (nSPS) is 50.2. The molecule has 0 spiro atoms. The molecular formula is C32H58N8O13S4. The molecule has 21 nitrogen and oxygen atoms in total. The van der Waals surface area contributed by atoms with Gasteiger partial charge in [0, 0.05) is 11.8 Å². The second-order valence-corrected chi connectivity index (χ2v) is 24.4. The molecule has 0 aromatic carbocycles. The van der Waals surface area contributed by atoms with E-state index in [4.69, 9.17) is 0 Å². The van der Waals surface area contributed by atoms with Crippen LogP contribution in [-0.2, 0) is 40.5 Å². The highest BCUT2D eigenvalue weighted by atomic mass is 32.2. The first-order valence-corrected chi connectivity index (χ1v) is 26.3. The van der Waals surface area contributed by atoms with Gasteiger partial charge in [0.05, 0.1) is 49.3 Å². The lowest BCUT2D eigenvalue weighted by atomic mass is 9.75. The summed E-state index contributed by atoms with van der Waals surface area (Å²) >= 11 is 0. The second-order valence-electron chi connectivity index (χ2n) is 18.1. The fourth-order valence-electron chi connectivity index (χ4n) is 13.4. The molecule has 57 heavy (non-hydrogen) atoms. The summed E-state index contributed by atoms with van der Waals surface area (Å²) in [6.45, 7) is 0. The van der Waals surface area contributed by atoms with Crippen LogP contribution >= 0.6 is 0 Å². The zero-order chi connectivity index (χ0) is 39.7. The zero-order valence-corrected chi connectivity index (χ0v) is 34.5. The highest BCUT2D eigenvalue weighted by molar-refractivity contribution is 7.94. The number of hydrogen-bond acceptors (Lipinski definition) is 16. The van der Waals surface area contributed by atoms with Gasteiger partial charge in [-0.2, -0.15) is 33.7 Å². The monoisotopic (exact) mass is 890 g/mol. The molecule has 5 aliphatic heterocycles. The first kappa shape index (κ1) is 42.9. The zero-order valence-electron chi connectivity index (χ0n) is 31.2. The van der Waals surface area contributed by atoms with Crippen molar-refractivity contribution in [2.45, 2.75) is 147 Å². The van der Waals surface area contributed by atoms with Crippen LogP contribution in [0.5, 0.6) is 0 Å². The molecule has 4 aliphatic carbocycles. The minimum absolute atomic E-state index is 0. The Hall–Kier alpha value is -0.720. The molecule has 25 heteroatoms. The maximum atomic E-state index is 13.4. The molecule has 14 N–H and O–H groups in total. The number of rotatable bonds is 4. The Bertz CT molecular complexity index is 1850. The molecule has 9 rings (SSSR count). The second kappa shape index (κ2) is 15.3. The predicted octanol–water partition coefficient (Wildman–Crippen LogP) is -2.75. The van der Waals surface area contributed by atoms with Crippen molar-refractivity contribution in [2.24, 2.45) is 47.3 Å². The van der Waals surface area contributed by atoms with Crippen LogP contribution in [0, 0.1) is 47.3 Å². The quantitative estimate of drug-likeness (QED) is 0.127. The molecule has 20 unspecified atom stereocenters. The smallest absolute Gasteiger partial charge is 0.270 e. The van der Waals surface area contributed by atoms with E-state index in [1.807, 2.05) is 0 Å². The fraction of sp³-hybridized carbons (Fsp3) is 1.00. The molecule has 0 amide bonds. The summed E-state index contributed by atoms with van der Waals surface area (Å²) in [6, 6.07) is 0. The Kier molecular flexibility index (Phi) is 11.5. The van der Waals surface area contributed by atoms with E-state index in [9.17, 15) is 51.9 Å². The number of nitrogens with one attached hydrogen (secondary N) is 8. The minimum atomic E-state index is -5.87. The van der Waals surface area contributed by atoms with E-state index in [1.54, 1.807) is 0 Å². The summed E-state index contributed by atoms with van der Waals surface area (Å²) in [5.41, 5.74) is 0. The Morgan fingerprint density at radius 3 is 0.667 bits per heavy atom. The lowest BCUT2D eigenvalue weighted by molar-refractivity contribution is 0.166. The molecule has 5 saturated heterocycles. The van der Waals surface area contributed by atoms with Gasteiger partial charge in [-0.05, 0) is 74.0 Å². The van der Waals surface area contributed by atoms with Gasteiger partial charge >= 0.3 is 0 Å². The summed E-state index contributed by atoms with van der Waals surface area (Å²) in [4.78, 5) is 0. The van der Waals surface area contributed by atoms with Gasteiger partial charge in [0.1, 0.15) is 21.0 Å². The largest absolute Gasteiger partial charge is 0.412 e. The van der Waals surface area contributed by atoms with Crippen LogP contribution in [0.3, 0.4) is 0 Å². The topological polar surface area (TPSA) is 345 Å².